The normalized spacial score (nSPS) is 11.1. The Kier molecular flexibility index (Phi) is 7.23. The number of benzene rings is 2. The molecule has 30 heavy (non-hydrogen) atoms. The predicted molar refractivity (Wildman–Crippen MR) is 102 cm³/mol. The summed E-state index contributed by atoms with van der Waals surface area (Å²) in [4.78, 5) is 23.7. The number of methoxy groups -OCH3 is 3. The molecule has 0 saturated heterocycles. The van der Waals surface area contributed by atoms with E-state index >= 15 is 0 Å². The van der Waals surface area contributed by atoms with E-state index in [1.165, 1.54) is 33.6 Å². The molecule has 0 heterocycles. The van der Waals surface area contributed by atoms with Crippen molar-refractivity contribution in [3.8, 4) is 17.2 Å². The molecule has 2 amide bonds. The Hall–Kier alpha value is -3.76. The molecule has 0 radical (unpaired) electrons. The van der Waals surface area contributed by atoms with Crippen molar-refractivity contribution < 1.29 is 37.0 Å². The molecule has 0 fully saturated rings. The second-order valence-electron chi connectivity index (χ2n) is 5.69. The lowest BCUT2D eigenvalue weighted by Gasteiger charge is -2.12. The van der Waals surface area contributed by atoms with Crippen LogP contribution in [0.1, 0.15) is 11.1 Å². The molecule has 0 aliphatic carbocycles. The number of nitrogens with zero attached hydrogens (tertiary/aromatic N) is 1. The quantitative estimate of drug-likeness (QED) is 0.421. The molecule has 0 unspecified atom stereocenters. The fraction of sp³-hybridized carbons (Fsp3) is 0.211. The number of hydrazone groups is 1. The molecule has 2 N–H and O–H groups in total. The Bertz CT molecular complexity index is 936. The topological polar surface area (TPSA) is 98.2 Å². The third-order valence-corrected chi connectivity index (χ3v) is 3.72. The Labute approximate surface area is 169 Å². The van der Waals surface area contributed by atoms with Gasteiger partial charge in [-0.25, -0.2) is 5.43 Å². The SMILES string of the molecule is COc1cc(/C=N/NC(=O)C(=O)Nc2cccc(C(F)(F)F)c2)cc(OC)c1OC. The number of carbonyl (C=O) groups is 2. The van der Waals surface area contributed by atoms with E-state index in [0.717, 1.165) is 12.1 Å². The number of hydrogen-bond donors (Lipinski definition) is 2. The van der Waals surface area contributed by atoms with Crippen molar-refractivity contribution in [2.45, 2.75) is 6.18 Å². The van der Waals surface area contributed by atoms with Crippen LogP contribution in [0.2, 0.25) is 0 Å². The highest BCUT2D eigenvalue weighted by Gasteiger charge is 2.30. The molecule has 11 heteroatoms. The van der Waals surface area contributed by atoms with E-state index in [9.17, 15) is 22.8 Å². The lowest BCUT2D eigenvalue weighted by Crippen LogP contribution is -2.32. The lowest BCUT2D eigenvalue weighted by atomic mass is 10.2. The smallest absolute Gasteiger partial charge is 0.416 e. The summed E-state index contributed by atoms with van der Waals surface area (Å²) in [5.74, 6) is -1.28. The zero-order valence-electron chi connectivity index (χ0n) is 16.2. The number of halogens is 3. The van der Waals surface area contributed by atoms with Crippen LogP contribution in [-0.2, 0) is 15.8 Å². The molecule has 0 spiro atoms. The molecular weight excluding hydrogens is 407 g/mol. The minimum Gasteiger partial charge on any atom is -0.493 e. The Morgan fingerprint density at radius 1 is 0.967 bits per heavy atom. The molecule has 8 nitrogen and oxygen atoms in total. The van der Waals surface area contributed by atoms with Crippen molar-refractivity contribution >= 4 is 23.7 Å². The van der Waals surface area contributed by atoms with E-state index in [1.807, 2.05) is 5.43 Å². The summed E-state index contributed by atoms with van der Waals surface area (Å²) < 4.78 is 53.7. The summed E-state index contributed by atoms with van der Waals surface area (Å²) in [6, 6.07) is 7.00. The Morgan fingerprint density at radius 2 is 1.60 bits per heavy atom. The maximum absolute atomic E-state index is 12.7. The first-order valence-corrected chi connectivity index (χ1v) is 8.31. The number of anilines is 1. The van der Waals surface area contributed by atoms with Crippen LogP contribution in [0.3, 0.4) is 0 Å². The zero-order valence-corrected chi connectivity index (χ0v) is 16.2. The summed E-state index contributed by atoms with van der Waals surface area (Å²) in [6.45, 7) is 0. The van der Waals surface area contributed by atoms with Crippen LogP contribution in [-0.4, -0.2) is 39.4 Å². The molecule has 0 saturated carbocycles. The second kappa shape index (κ2) is 9.63. The summed E-state index contributed by atoms with van der Waals surface area (Å²) in [6.07, 6.45) is -3.35. The highest BCUT2D eigenvalue weighted by molar-refractivity contribution is 6.39. The van der Waals surface area contributed by atoms with E-state index in [0.29, 0.717) is 28.9 Å². The maximum atomic E-state index is 12.7. The zero-order chi connectivity index (χ0) is 22.3. The van der Waals surface area contributed by atoms with Gasteiger partial charge in [-0.3, -0.25) is 9.59 Å². The van der Waals surface area contributed by atoms with Gasteiger partial charge in [-0.05, 0) is 30.3 Å². The molecule has 0 bridgehead atoms. The van der Waals surface area contributed by atoms with E-state index in [-0.39, 0.29) is 5.69 Å². The number of rotatable bonds is 6. The molecule has 0 aliphatic heterocycles. The number of carbonyl (C=O) groups excluding carboxylic acids is 2. The number of nitrogens with one attached hydrogen (secondary N) is 2. The van der Waals surface area contributed by atoms with Crippen molar-refractivity contribution in [1.82, 2.24) is 5.43 Å². The summed E-state index contributed by atoms with van der Waals surface area (Å²) in [5.41, 5.74) is 1.30. The van der Waals surface area contributed by atoms with Crippen LogP contribution < -0.4 is 25.0 Å². The predicted octanol–water partition coefficient (Wildman–Crippen LogP) is 2.82. The number of alkyl halides is 3. The van der Waals surface area contributed by atoms with Crippen LogP contribution in [0.15, 0.2) is 41.5 Å². The second-order valence-corrected chi connectivity index (χ2v) is 5.69. The summed E-state index contributed by atoms with van der Waals surface area (Å²) in [7, 11) is 4.30. The van der Waals surface area contributed by atoms with Gasteiger partial charge in [-0.2, -0.15) is 18.3 Å². The third kappa shape index (κ3) is 5.63. The minimum absolute atomic E-state index is 0.182. The Balaban J connectivity index is 2.05. The van der Waals surface area contributed by atoms with Crippen LogP contribution in [0.4, 0.5) is 18.9 Å². The van der Waals surface area contributed by atoms with Crippen molar-refractivity contribution in [3.63, 3.8) is 0 Å². The molecule has 2 aromatic carbocycles. The minimum atomic E-state index is -4.58. The fourth-order valence-electron chi connectivity index (χ4n) is 2.35. The molecule has 160 valence electrons. The first-order chi connectivity index (χ1) is 14.2. The van der Waals surface area contributed by atoms with E-state index < -0.39 is 23.6 Å². The van der Waals surface area contributed by atoms with Gasteiger partial charge in [-0.1, -0.05) is 6.07 Å². The van der Waals surface area contributed by atoms with Gasteiger partial charge in [0.2, 0.25) is 5.75 Å². The van der Waals surface area contributed by atoms with Gasteiger partial charge >= 0.3 is 18.0 Å². The van der Waals surface area contributed by atoms with Gasteiger partial charge in [-0.15, -0.1) is 0 Å². The van der Waals surface area contributed by atoms with Crippen molar-refractivity contribution in [2.75, 3.05) is 26.6 Å². The van der Waals surface area contributed by atoms with Gasteiger partial charge < -0.3 is 19.5 Å². The van der Waals surface area contributed by atoms with E-state index in [4.69, 9.17) is 14.2 Å². The van der Waals surface area contributed by atoms with Crippen molar-refractivity contribution in [1.29, 1.82) is 0 Å². The first kappa shape index (κ1) is 22.5. The maximum Gasteiger partial charge on any atom is 0.416 e. The fourth-order valence-corrected chi connectivity index (χ4v) is 2.35. The molecular formula is C19H18F3N3O5. The third-order valence-electron chi connectivity index (χ3n) is 3.72. The van der Waals surface area contributed by atoms with E-state index in [1.54, 1.807) is 12.1 Å². The molecule has 0 aliphatic rings. The molecule has 2 aromatic rings. The van der Waals surface area contributed by atoms with Crippen molar-refractivity contribution in [3.05, 3.63) is 47.5 Å². The summed E-state index contributed by atoms with van der Waals surface area (Å²) >= 11 is 0. The van der Waals surface area contributed by atoms with Gasteiger partial charge in [0.05, 0.1) is 33.1 Å². The highest BCUT2D eigenvalue weighted by Crippen LogP contribution is 2.37. The van der Waals surface area contributed by atoms with Crippen LogP contribution >= 0.6 is 0 Å². The lowest BCUT2D eigenvalue weighted by molar-refractivity contribution is -0.137. The van der Waals surface area contributed by atoms with Gasteiger partial charge in [0.25, 0.3) is 0 Å². The highest BCUT2D eigenvalue weighted by atomic mass is 19.4. The first-order valence-electron chi connectivity index (χ1n) is 8.31. The number of hydrogen-bond acceptors (Lipinski definition) is 6. The number of ether oxygens (including phenoxy) is 3. The van der Waals surface area contributed by atoms with Crippen LogP contribution in [0, 0.1) is 0 Å². The molecule has 0 atom stereocenters. The Morgan fingerprint density at radius 3 is 2.13 bits per heavy atom. The summed E-state index contributed by atoms with van der Waals surface area (Å²) in [5, 5.41) is 5.72. The van der Waals surface area contributed by atoms with Gasteiger partial charge in [0, 0.05) is 11.3 Å². The monoisotopic (exact) mass is 425 g/mol. The van der Waals surface area contributed by atoms with E-state index in [2.05, 4.69) is 10.4 Å². The standard InChI is InChI=1S/C19H18F3N3O5/c1-28-14-7-11(8-15(29-2)16(14)30-3)10-23-25-18(27)17(26)24-13-6-4-5-12(9-13)19(20,21)22/h4-10H,1-3H3,(H,24,26)(H,25,27)/b23-10+. The van der Waals surface area contributed by atoms with Crippen LogP contribution in [0.5, 0.6) is 17.2 Å². The van der Waals surface area contributed by atoms with Crippen molar-refractivity contribution in [2.24, 2.45) is 5.10 Å². The average Bonchev–Trinajstić information content (AvgIpc) is 2.72. The molecule has 0 aromatic heterocycles. The average molecular weight is 425 g/mol. The molecule has 2 rings (SSSR count). The largest absolute Gasteiger partial charge is 0.493 e. The van der Waals surface area contributed by atoms with Gasteiger partial charge in [0.15, 0.2) is 11.5 Å². The van der Waals surface area contributed by atoms with Crippen LogP contribution in [0.25, 0.3) is 0 Å². The number of amides is 2. The van der Waals surface area contributed by atoms with Gasteiger partial charge in [0.1, 0.15) is 0 Å².